The Morgan fingerprint density at radius 2 is 2.21 bits per heavy atom. The number of hydrogen-bond donors (Lipinski definition) is 1. The van der Waals surface area contributed by atoms with Crippen molar-refractivity contribution in [3.05, 3.63) is 21.9 Å². The van der Waals surface area contributed by atoms with Crippen molar-refractivity contribution in [1.82, 2.24) is 10.2 Å². The van der Waals surface area contributed by atoms with E-state index in [1.165, 1.54) is 4.88 Å². The molecule has 0 bridgehead atoms. The monoisotopic (exact) mass is 282 g/mol. The molecule has 0 atom stereocenters. The third kappa shape index (κ3) is 4.30. The lowest BCUT2D eigenvalue weighted by atomic mass is 10.1. The predicted octanol–water partition coefficient (Wildman–Crippen LogP) is 1.93. The highest BCUT2D eigenvalue weighted by atomic mass is 32.1. The molecule has 1 fully saturated rings. The zero-order valence-corrected chi connectivity index (χ0v) is 12.5. The van der Waals surface area contributed by atoms with Gasteiger partial charge in [-0.2, -0.15) is 0 Å². The Bertz CT molecular complexity index is 411. The maximum atomic E-state index is 12.0. The lowest BCUT2D eigenvalue weighted by molar-refractivity contribution is 0.0383. The number of nitrogens with one attached hydrogen (secondary N) is 1. The van der Waals surface area contributed by atoms with Crippen LogP contribution >= 0.6 is 11.3 Å². The number of rotatable bonds is 5. The molecule has 2 rings (SSSR count). The van der Waals surface area contributed by atoms with Crippen molar-refractivity contribution in [1.29, 1.82) is 0 Å². The molecular formula is C14H22N2O2S. The molecule has 1 aliphatic heterocycles. The minimum Gasteiger partial charge on any atom is -0.379 e. The summed E-state index contributed by atoms with van der Waals surface area (Å²) in [7, 11) is 0. The van der Waals surface area contributed by atoms with Crippen LogP contribution in [0.15, 0.2) is 11.4 Å². The first-order chi connectivity index (χ1) is 9.16. The molecule has 1 aromatic rings. The van der Waals surface area contributed by atoms with Gasteiger partial charge in [0, 0.05) is 36.4 Å². The quantitative estimate of drug-likeness (QED) is 0.897. The lowest BCUT2D eigenvalue weighted by Crippen LogP contribution is -2.41. The van der Waals surface area contributed by atoms with E-state index in [9.17, 15) is 4.79 Å². The van der Waals surface area contributed by atoms with Gasteiger partial charge >= 0.3 is 0 Å². The second-order valence-corrected chi connectivity index (χ2v) is 6.05. The molecule has 1 N–H and O–H groups in total. The first kappa shape index (κ1) is 14.5. The summed E-state index contributed by atoms with van der Waals surface area (Å²) in [4.78, 5) is 15.6. The Labute approximate surface area is 118 Å². The van der Waals surface area contributed by atoms with Crippen LogP contribution in [0.4, 0.5) is 0 Å². The van der Waals surface area contributed by atoms with E-state index < -0.39 is 0 Å². The molecule has 1 amide bonds. The first-order valence-electron chi connectivity index (χ1n) is 6.83. The van der Waals surface area contributed by atoms with Gasteiger partial charge in [0.2, 0.25) is 0 Å². The van der Waals surface area contributed by atoms with Gasteiger partial charge in [-0.3, -0.25) is 9.69 Å². The van der Waals surface area contributed by atoms with Crippen molar-refractivity contribution in [2.75, 3.05) is 39.4 Å². The number of amides is 1. The van der Waals surface area contributed by atoms with Crippen molar-refractivity contribution < 1.29 is 9.53 Å². The van der Waals surface area contributed by atoms with E-state index in [4.69, 9.17) is 4.74 Å². The summed E-state index contributed by atoms with van der Waals surface area (Å²) in [6.45, 7) is 9.42. The summed E-state index contributed by atoms with van der Waals surface area (Å²) >= 11 is 1.66. The van der Waals surface area contributed by atoms with Gasteiger partial charge in [0.05, 0.1) is 18.8 Å². The van der Waals surface area contributed by atoms with E-state index in [-0.39, 0.29) is 5.91 Å². The fourth-order valence-corrected chi connectivity index (χ4v) is 2.93. The Balaban J connectivity index is 1.74. The van der Waals surface area contributed by atoms with E-state index in [1.807, 2.05) is 11.4 Å². The van der Waals surface area contributed by atoms with Gasteiger partial charge in [-0.15, -0.1) is 11.3 Å². The Morgan fingerprint density at radius 1 is 1.47 bits per heavy atom. The van der Waals surface area contributed by atoms with Crippen molar-refractivity contribution in [2.24, 2.45) is 0 Å². The molecule has 0 spiro atoms. The average molecular weight is 282 g/mol. The highest BCUT2D eigenvalue weighted by Gasteiger charge is 2.12. The average Bonchev–Trinajstić information content (AvgIpc) is 2.89. The highest BCUT2D eigenvalue weighted by Crippen LogP contribution is 2.22. The van der Waals surface area contributed by atoms with E-state index in [1.54, 1.807) is 11.3 Å². The lowest BCUT2D eigenvalue weighted by Gasteiger charge is -2.26. The van der Waals surface area contributed by atoms with Gasteiger partial charge in [-0.05, 0) is 12.0 Å². The normalized spacial score (nSPS) is 16.8. The third-order valence-corrected chi connectivity index (χ3v) is 4.50. The molecule has 0 unspecified atom stereocenters. The van der Waals surface area contributed by atoms with Gasteiger partial charge in [-0.1, -0.05) is 13.8 Å². The maximum absolute atomic E-state index is 12.0. The Kier molecular flexibility index (Phi) is 5.36. The van der Waals surface area contributed by atoms with Crippen LogP contribution in [-0.2, 0) is 4.74 Å². The molecule has 1 aliphatic rings. The molecule has 1 aromatic heterocycles. The van der Waals surface area contributed by atoms with Crippen LogP contribution in [0.5, 0.6) is 0 Å². The zero-order valence-electron chi connectivity index (χ0n) is 11.6. The SMILES string of the molecule is CC(C)c1cc(C(=O)NCCN2CCOCC2)cs1. The smallest absolute Gasteiger partial charge is 0.252 e. The number of hydrogen-bond acceptors (Lipinski definition) is 4. The summed E-state index contributed by atoms with van der Waals surface area (Å²) in [6.07, 6.45) is 0. The highest BCUT2D eigenvalue weighted by molar-refractivity contribution is 7.10. The number of carbonyl (C=O) groups excluding carboxylic acids is 1. The van der Waals surface area contributed by atoms with Crippen LogP contribution in [0.1, 0.15) is 35.0 Å². The first-order valence-corrected chi connectivity index (χ1v) is 7.71. The fraction of sp³-hybridized carbons (Fsp3) is 0.643. The number of morpholine rings is 1. The maximum Gasteiger partial charge on any atom is 0.252 e. The third-order valence-electron chi connectivity index (χ3n) is 3.27. The predicted molar refractivity (Wildman–Crippen MR) is 78.0 cm³/mol. The van der Waals surface area contributed by atoms with Crippen molar-refractivity contribution in [3.8, 4) is 0 Å². The number of carbonyl (C=O) groups is 1. The largest absolute Gasteiger partial charge is 0.379 e. The zero-order chi connectivity index (χ0) is 13.7. The number of thiophene rings is 1. The standard InChI is InChI=1S/C14H22N2O2S/c1-11(2)13-9-12(10-19-13)14(17)15-3-4-16-5-7-18-8-6-16/h9-11H,3-8H2,1-2H3,(H,15,17). The van der Waals surface area contributed by atoms with Gasteiger partial charge in [0.25, 0.3) is 5.91 Å². The summed E-state index contributed by atoms with van der Waals surface area (Å²) in [6, 6.07) is 2.00. The second-order valence-electron chi connectivity index (χ2n) is 5.10. The van der Waals surface area contributed by atoms with Gasteiger partial charge in [-0.25, -0.2) is 0 Å². The van der Waals surface area contributed by atoms with Crippen LogP contribution in [-0.4, -0.2) is 50.2 Å². The van der Waals surface area contributed by atoms with E-state index in [2.05, 4.69) is 24.1 Å². The Morgan fingerprint density at radius 3 is 2.84 bits per heavy atom. The molecule has 4 nitrogen and oxygen atoms in total. The summed E-state index contributed by atoms with van der Waals surface area (Å²) in [5.41, 5.74) is 0.788. The molecule has 0 radical (unpaired) electrons. The van der Waals surface area contributed by atoms with Crippen LogP contribution in [0.25, 0.3) is 0 Å². The molecule has 0 aromatic carbocycles. The Hall–Kier alpha value is -0.910. The fourth-order valence-electron chi connectivity index (χ4n) is 2.03. The topological polar surface area (TPSA) is 41.6 Å². The molecule has 2 heterocycles. The van der Waals surface area contributed by atoms with Crippen molar-refractivity contribution >= 4 is 17.2 Å². The van der Waals surface area contributed by atoms with E-state index in [0.29, 0.717) is 12.5 Å². The van der Waals surface area contributed by atoms with Crippen molar-refractivity contribution in [2.45, 2.75) is 19.8 Å². The molecule has 106 valence electrons. The van der Waals surface area contributed by atoms with Gasteiger partial charge in [0.15, 0.2) is 0 Å². The van der Waals surface area contributed by atoms with E-state index >= 15 is 0 Å². The van der Waals surface area contributed by atoms with Crippen LogP contribution in [0, 0.1) is 0 Å². The second kappa shape index (κ2) is 7.03. The minimum atomic E-state index is 0.0383. The minimum absolute atomic E-state index is 0.0383. The number of nitrogens with zero attached hydrogens (tertiary/aromatic N) is 1. The summed E-state index contributed by atoms with van der Waals surface area (Å²) < 4.78 is 5.29. The van der Waals surface area contributed by atoms with Gasteiger partial charge in [0.1, 0.15) is 0 Å². The molecule has 0 aliphatic carbocycles. The van der Waals surface area contributed by atoms with Crippen molar-refractivity contribution in [3.63, 3.8) is 0 Å². The van der Waals surface area contributed by atoms with Gasteiger partial charge < -0.3 is 10.1 Å². The molecule has 19 heavy (non-hydrogen) atoms. The molecule has 1 saturated heterocycles. The van der Waals surface area contributed by atoms with Crippen LogP contribution in [0.3, 0.4) is 0 Å². The summed E-state index contributed by atoms with van der Waals surface area (Å²) in [5, 5.41) is 4.93. The van der Waals surface area contributed by atoms with Crippen LogP contribution in [0.2, 0.25) is 0 Å². The molecule has 5 heteroatoms. The molecule has 0 saturated carbocycles. The van der Waals surface area contributed by atoms with E-state index in [0.717, 1.165) is 38.4 Å². The van der Waals surface area contributed by atoms with Crippen LogP contribution < -0.4 is 5.32 Å². The summed E-state index contributed by atoms with van der Waals surface area (Å²) in [5.74, 6) is 0.524. The number of ether oxygens (including phenoxy) is 1. The molecular weight excluding hydrogens is 260 g/mol.